The van der Waals surface area contributed by atoms with Crippen LogP contribution in [0.5, 0.6) is 0 Å². The Bertz CT molecular complexity index is 173. The van der Waals surface area contributed by atoms with Crippen molar-refractivity contribution in [3.05, 3.63) is 0 Å². The van der Waals surface area contributed by atoms with Crippen molar-refractivity contribution in [2.75, 3.05) is 26.2 Å². The van der Waals surface area contributed by atoms with Crippen LogP contribution < -0.4 is 5.32 Å². The summed E-state index contributed by atoms with van der Waals surface area (Å²) in [6.45, 7) is 4.34. The van der Waals surface area contributed by atoms with Gasteiger partial charge >= 0.3 is 0 Å². The molecule has 0 bridgehead atoms. The van der Waals surface area contributed by atoms with Crippen LogP contribution in [0.25, 0.3) is 0 Å². The Hall–Kier alpha value is -0.610. The molecule has 0 radical (unpaired) electrons. The number of aliphatic hydroxyl groups is 1. The molecule has 13 heavy (non-hydrogen) atoms. The zero-order valence-electron chi connectivity index (χ0n) is 8.12. The maximum Gasteiger partial charge on any atom is 0.216 e. The number of nitrogens with one attached hydrogen (secondary N) is 1. The van der Waals surface area contributed by atoms with Gasteiger partial charge in [-0.2, -0.15) is 0 Å². The topological polar surface area (TPSA) is 52.6 Å². The maximum absolute atomic E-state index is 10.6. The molecular formula is C9H18N2O2. The summed E-state index contributed by atoms with van der Waals surface area (Å²) in [5.74, 6) is 0.0137. The summed E-state index contributed by atoms with van der Waals surface area (Å²) >= 11 is 0. The molecule has 76 valence electrons. The Balaban J connectivity index is 2.16. The van der Waals surface area contributed by atoms with Gasteiger partial charge in [0.15, 0.2) is 0 Å². The summed E-state index contributed by atoms with van der Waals surface area (Å²) in [7, 11) is 0. The molecule has 1 fully saturated rings. The molecule has 1 saturated heterocycles. The lowest BCUT2D eigenvalue weighted by Gasteiger charge is -2.22. The second kappa shape index (κ2) is 5.19. The molecule has 0 aromatic heterocycles. The van der Waals surface area contributed by atoms with Crippen LogP contribution in [0.4, 0.5) is 0 Å². The van der Waals surface area contributed by atoms with Gasteiger partial charge in [0.2, 0.25) is 5.91 Å². The number of carbonyl (C=O) groups excluding carboxylic acids is 1. The van der Waals surface area contributed by atoms with Crippen molar-refractivity contribution in [3.63, 3.8) is 0 Å². The van der Waals surface area contributed by atoms with E-state index in [1.54, 1.807) is 0 Å². The highest BCUT2D eigenvalue weighted by Gasteiger charge is 2.22. The number of rotatable bonds is 4. The molecule has 1 atom stereocenters. The van der Waals surface area contributed by atoms with Crippen LogP contribution in [0.1, 0.15) is 19.8 Å². The van der Waals surface area contributed by atoms with Gasteiger partial charge in [-0.25, -0.2) is 0 Å². The first-order valence-electron chi connectivity index (χ1n) is 4.83. The maximum atomic E-state index is 10.6. The zero-order chi connectivity index (χ0) is 9.68. The van der Waals surface area contributed by atoms with E-state index < -0.39 is 0 Å². The van der Waals surface area contributed by atoms with Crippen LogP contribution in [0.3, 0.4) is 0 Å². The van der Waals surface area contributed by atoms with Crippen molar-refractivity contribution in [2.24, 2.45) is 0 Å². The number of nitrogens with zero attached hydrogens (tertiary/aromatic N) is 1. The van der Waals surface area contributed by atoms with Crippen molar-refractivity contribution < 1.29 is 9.90 Å². The fourth-order valence-electron chi connectivity index (χ4n) is 1.77. The molecule has 0 unspecified atom stereocenters. The molecule has 2 N–H and O–H groups in total. The lowest BCUT2D eigenvalue weighted by atomic mass is 10.2. The van der Waals surface area contributed by atoms with Crippen LogP contribution in [-0.4, -0.2) is 48.2 Å². The Morgan fingerprint density at radius 3 is 3.08 bits per heavy atom. The van der Waals surface area contributed by atoms with E-state index in [0.29, 0.717) is 12.6 Å². The fraction of sp³-hybridized carbons (Fsp3) is 0.889. The van der Waals surface area contributed by atoms with Crippen LogP contribution in [0, 0.1) is 0 Å². The van der Waals surface area contributed by atoms with Gasteiger partial charge in [-0.15, -0.1) is 0 Å². The molecule has 0 aromatic rings. The third-order valence-electron chi connectivity index (χ3n) is 2.48. The quantitative estimate of drug-likeness (QED) is 0.627. The number of amides is 1. The van der Waals surface area contributed by atoms with Crippen molar-refractivity contribution in [3.8, 4) is 0 Å². The van der Waals surface area contributed by atoms with E-state index in [-0.39, 0.29) is 12.5 Å². The van der Waals surface area contributed by atoms with Crippen molar-refractivity contribution in [1.29, 1.82) is 0 Å². The summed E-state index contributed by atoms with van der Waals surface area (Å²) in [6, 6.07) is 0.314. The van der Waals surface area contributed by atoms with Gasteiger partial charge in [0.25, 0.3) is 0 Å². The first kappa shape index (κ1) is 10.5. The molecule has 1 rings (SSSR count). The van der Waals surface area contributed by atoms with E-state index >= 15 is 0 Å². The summed E-state index contributed by atoms with van der Waals surface area (Å²) < 4.78 is 0. The first-order valence-corrected chi connectivity index (χ1v) is 4.83. The van der Waals surface area contributed by atoms with Crippen LogP contribution in [-0.2, 0) is 4.79 Å². The molecule has 0 aromatic carbocycles. The van der Waals surface area contributed by atoms with Gasteiger partial charge in [0, 0.05) is 26.1 Å². The minimum Gasteiger partial charge on any atom is -0.395 e. The Labute approximate surface area is 78.9 Å². The standard InChI is InChI=1S/C9H18N2O2/c1-8(13)10-4-6-11-5-2-3-9(11)7-12/h9,12H,2-7H2,1H3,(H,10,13)/t9-/m1/s1. The lowest BCUT2D eigenvalue weighted by molar-refractivity contribution is -0.119. The summed E-state index contributed by atoms with van der Waals surface area (Å²) in [4.78, 5) is 12.8. The predicted octanol–water partition coefficient (Wildman–Crippen LogP) is -0.421. The molecule has 1 aliphatic rings. The van der Waals surface area contributed by atoms with Gasteiger partial charge in [0.05, 0.1) is 6.61 Å². The first-order chi connectivity index (χ1) is 6.24. The highest BCUT2D eigenvalue weighted by Crippen LogP contribution is 2.15. The number of carbonyl (C=O) groups is 1. The van der Waals surface area contributed by atoms with Gasteiger partial charge in [-0.1, -0.05) is 0 Å². The van der Waals surface area contributed by atoms with E-state index in [4.69, 9.17) is 5.11 Å². The number of likely N-dealkylation sites (tertiary alicyclic amines) is 1. The molecule has 0 aliphatic carbocycles. The average Bonchev–Trinajstić information content (AvgIpc) is 2.51. The van der Waals surface area contributed by atoms with Crippen LogP contribution >= 0.6 is 0 Å². The Morgan fingerprint density at radius 2 is 2.46 bits per heavy atom. The molecule has 4 heteroatoms. The molecule has 0 spiro atoms. The number of hydrogen-bond acceptors (Lipinski definition) is 3. The summed E-state index contributed by atoms with van der Waals surface area (Å²) in [5, 5.41) is 11.8. The largest absolute Gasteiger partial charge is 0.395 e. The molecule has 4 nitrogen and oxygen atoms in total. The minimum atomic E-state index is 0.0137. The van der Waals surface area contributed by atoms with E-state index in [1.807, 2.05) is 0 Å². The van der Waals surface area contributed by atoms with E-state index in [9.17, 15) is 4.79 Å². The Morgan fingerprint density at radius 1 is 1.69 bits per heavy atom. The normalized spacial score (nSPS) is 23.4. The highest BCUT2D eigenvalue weighted by atomic mass is 16.3. The van der Waals surface area contributed by atoms with Gasteiger partial charge in [-0.05, 0) is 19.4 Å². The molecular weight excluding hydrogens is 168 g/mol. The molecule has 0 saturated carbocycles. The van der Waals surface area contributed by atoms with Crippen molar-refractivity contribution >= 4 is 5.91 Å². The SMILES string of the molecule is CC(=O)NCCN1CCC[C@@H]1CO. The highest BCUT2D eigenvalue weighted by molar-refractivity contribution is 5.72. The smallest absolute Gasteiger partial charge is 0.216 e. The third kappa shape index (κ3) is 3.32. The van der Waals surface area contributed by atoms with E-state index in [1.165, 1.54) is 6.92 Å². The number of aliphatic hydroxyl groups excluding tert-OH is 1. The minimum absolute atomic E-state index is 0.0137. The molecule has 1 amide bonds. The fourth-order valence-corrected chi connectivity index (χ4v) is 1.77. The monoisotopic (exact) mass is 186 g/mol. The predicted molar refractivity (Wildman–Crippen MR) is 50.4 cm³/mol. The second-order valence-electron chi connectivity index (χ2n) is 3.50. The van der Waals surface area contributed by atoms with Gasteiger partial charge in [-0.3, -0.25) is 9.69 Å². The molecule has 1 aliphatic heterocycles. The lowest BCUT2D eigenvalue weighted by Crippen LogP contribution is -2.38. The zero-order valence-corrected chi connectivity index (χ0v) is 8.12. The van der Waals surface area contributed by atoms with Gasteiger partial charge < -0.3 is 10.4 Å². The third-order valence-corrected chi connectivity index (χ3v) is 2.48. The van der Waals surface area contributed by atoms with Gasteiger partial charge in [0.1, 0.15) is 0 Å². The average molecular weight is 186 g/mol. The van der Waals surface area contributed by atoms with Crippen LogP contribution in [0.15, 0.2) is 0 Å². The number of hydrogen-bond donors (Lipinski definition) is 2. The van der Waals surface area contributed by atoms with E-state index in [2.05, 4.69) is 10.2 Å². The summed E-state index contributed by atoms with van der Waals surface area (Å²) in [5.41, 5.74) is 0. The second-order valence-corrected chi connectivity index (χ2v) is 3.50. The summed E-state index contributed by atoms with van der Waals surface area (Å²) in [6.07, 6.45) is 2.24. The Kier molecular flexibility index (Phi) is 4.18. The van der Waals surface area contributed by atoms with Crippen molar-refractivity contribution in [2.45, 2.75) is 25.8 Å². The molecule has 1 heterocycles. The van der Waals surface area contributed by atoms with E-state index in [0.717, 1.165) is 25.9 Å². The van der Waals surface area contributed by atoms with Crippen LogP contribution in [0.2, 0.25) is 0 Å². The van der Waals surface area contributed by atoms with Crippen molar-refractivity contribution in [1.82, 2.24) is 10.2 Å².